The molecule has 0 N–H and O–H groups in total. The normalized spacial score (nSPS) is 10.8. The van der Waals surface area contributed by atoms with Gasteiger partial charge in [-0.1, -0.05) is 6.92 Å². The van der Waals surface area contributed by atoms with Crippen LogP contribution in [0, 0.1) is 0 Å². The second kappa shape index (κ2) is 6.19. The molecule has 0 amide bonds. The van der Waals surface area contributed by atoms with Gasteiger partial charge in [-0.2, -0.15) is 0 Å². The van der Waals surface area contributed by atoms with Gasteiger partial charge in [0.1, 0.15) is 12.0 Å². The van der Waals surface area contributed by atoms with E-state index >= 15 is 0 Å². The standard InChI is InChI=1S/C14H18O4/c1-4-9-17-13(16)14(2,3)18-12-7-5-11(10-15)6-8-12/h5-8,10H,4,9H2,1-3H3. The molecule has 0 unspecified atom stereocenters. The summed E-state index contributed by atoms with van der Waals surface area (Å²) in [7, 11) is 0. The minimum atomic E-state index is -1.04. The van der Waals surface area contributed by atoms with Gasteiger partial charge in [0, 0.05) is 5.56 Å². The first-order valence-electron chi connectivity index (χ1n) is 5.91. The molecule has 0 bridgehead atoms. The van der Waals surface area contributed by atoms with E-state index in [0.29, 0.717) is 17.9 Å². The fourth-order valence-electron chi connectivity index (χ4n) is 1.32. The predicted octanol–water partition coefficient (Wildman–Crippen LogP) is 2.61. The van der Waals surface area contributed by atoms with Crippen LogP contribution in [-0.4, -0.2) is 24.5 Å². The Hall–Kier alpha value is -1.84. The maximum absolute atomic E-state index is 11.7. The van der Waals surface area contributed by atoms with Crippen molar-refractivity contribution in [1.82, 2.24) is 0 Å². The zero-order chi connectivity index (χ0) is 13.6. The Morgan fingerprint density at radius 3 is 2.39 bits per heavy atom. The van der Waals surface area contributed by atoms with Crippen molar-refractivity contribution in [2.75, 3.05) is 6.61 Å². The van der Waals surface area contributed by atoms with Gasteiger partial charge in [-0.05, 0) is 44.5 Å². The molecule has 4 heteroatoms. The van der Waals surface area contributed by atoms with Gasteiger partial charge in [-0.15, -0.1) is 0 Å². The molecule has 0 atom stereocenters. The summed E-state index contributed by atoms with van der Waals surface area (Å²) in [4.78, 5) is 22.3. The van der Waals surface area contributed by atoms with E-state index in [1.54, 1.807) is 38.1 Å². The first-order chi connectivity index (χ1) is 8.49. The molecule has 1 aromatic rings. The predicted molar refractivity (Wildman–Crippen MR) is 67.8 cm³/mol. The minimum absolute atomic E-state index is 0.385. The average Bonchev–Trinajstić information content (AvgIpc) is 2.36. The van der Waals surface area contributed by atoms with Gasteiger partial charge in [0.15, 0.2) is 5.60 Å². The van der Waals surface area contributed by atoms with Crippen LogP contribution >= 0.6 is 0 Å². The van der Waals surface area contributed by atoms with Crippen molar-refractivity contribution < 1.29 is 19.1 Å². The van der Waals surface area contributed by atoms with Crippen LogP contribution in [-0.2, 0) is 9.53 Å². The maximum Gasteiger partial charge on any atom is 0.349 e. The fraction of sp³-hybridized carbons (Fsp3) is 0.429. The molecule has 1 rings (SSSR count). The minimum Gasteiger partial charge on any atom is -0.476 e. The van der Waals surface area contributed by atoms with Crippen LogP contribution in [0.25, 0.3) is 0 Å². The van der Waals surface area contributed by atoms with Gasteiger partial charge in [0.05, 0.1) is 6.61 Å². The van der Waals surface area contributed by atoms with Crippen LogP contribution in [0.2, 0.25) is 0 Å². The number of benzene rings is 1. The molecule has 0 aromatic heterocycles. The van der Waals surface area contributed by atoms with E-state index in [4.69, 9.17) is 9.47 Å². The highest BCUT2D eigenvalue weighted by Crippen LogP contribution is 2.19. The summed E-state index contributed by atoms with van der Waals surface area (Å²) in [5.74, 6) is 0.128. The van der Waals surface area contributed by atoms with Gasteiger partial charge in [-0.25, -0.2) is 4.79 Å². The zero-order valence-electron chi connectivity index (χ0n) is 10.9. The number of carbonyl (C=O) groups is 2. The SMILES string of the molecule is CCCOC(=O)C(C)(C)Oc1ccc(C=O)cc1. The molecule has 98 valence electrons. The van der Waals surface area contributed by atoms with Crippen molar-refractivity contribution in [2.24, 2.45) is 0 Å². The molecule has 0 spiro atoms. The van der Waals surface area contributed by atoms with Crippen LogP contribution in [0.4, 0.5) is 0 Å². The van der Waals surface area contributed by atoms with E-state index in [1.165, 1.54) is 0 Å². The third-order valence-corrected chi connectivity index (χ3v) is 2.32. The van der Waals surface area contributed by atoms with Gasteiger partial charge in [0.2, 0.25) is 0 Å². The number of hydrogen-bond donors (Lipinski definition) is 0. The second-order valence-electron chi connectivity index (χ2n) is 4.44. The first-order valence-corrected chi connectivity index (χ1v) is 5.91. The lowest BCUT2D eigenvalue weighted by atomic mass is 10.1. The van der Waals surface area contributed by atoms with Crippen LogP contribution in [0.5, 0.6) is 5.75 Å². The quantitative estimate of drug-likeness (QED) is 0.575. The number of aldehydes is 1. The monoisotopic (exact) mass is 250 g/mol. The van der Waals surface area contributed by atoms with Crippen LogP contribution in [0.3, 0.4) is 0 Å². The molecule has 0 aliphatic rings. The third kappa shape index (κ3) is 3.87. The van der Waals surface area contributed by atoms with E-state index in [-0.39, 0.29) is 0 Å². The largest absolute Gasteiger partial charge is 0.476 e. The highest BCUT2D eigenvalue weighted by atomic mass is 16.6. The third-order valence-electron chi connectivity index (χ3n) is 2.32. The van der Waals surface area contributed by atoms with E-state index in [9.17, 15) is 9.59 Å². The molecule has 0 radical (unpaired) electrons. The van der Waals surface area contributed by atoms with Crippen LogP contribution in [0.1, 0.15) is 37.6 Å². The molecule has 0 fully saturated rings. The van der Waals surface area contributed by atoms with E-state index in [2.05, 4.69) is 0 Å². The highest BCUT2D eigenvalue weighted by Gasteiger charge is 2.31. The molecule has 1 aromatic carbocycles. The molecule has 0 saturated carbocycles. The van der Waals surface area contributed by atoms with Gasteiger partial charge in [-0.3, -0.25) is 4.79 Å². The van der Waals surface area contributed by atoms with Crippen molar-refractivity contribution in [3.63, 3.8) is 0 Å². The number of hydrogen-bond acceptors (Lipinski definition) is 4. The Bertz CT molecular complexity index is 406. The fourth-order valence-corrected chi connectivity index (χ4v) is 1.32. The molecule has 0 saturated heterocycles. The molecule has 0 aliphatic heterocycles. The molecule has 0 heterocycles. The van der Waals surface area contributed by atoms with E-state index in [0.717, 1.165) is 12.7 Å². The summed E-state index contributed by atoms with van der Waals surface area (Å²) >= 11 is 0. The summed E-state index contributed by atoms with van der Waals surface area (Å²) in [6, 6.07) is 6.57. The summed E-state index contributed by atoms with van der Waals surface area (Å²) in [5, 5.41) is 0. The lowest BCUT2D eigenvalue weighted by Crippen LogP contribution is -2.39. The topological polar surface area (TPSA) is 52.6 Å². The molecular weight excluding hydrogens is 232 g/mol. The molecular formula is C14H18O4. The Morgan fingerprint density at radius 1 is 1.28 bits per heavy atom. The van der Waals surface area contributed by atoms with Gasteiger partial charge in [0.25, 0.3) is 0 Å². The summed E-state index contributed by atoms with van der Waals surface area (Å²) in [6.07, 6.45) is 1.53. The Kier molecular flexibility index (Phi) is 4.89. The summed E-state index contributed by atoms with van der Waals surface area (Å²) in [6.45, 7) is 5.62. The zero-order valence-corrected chi connectivity index (χ0v) is 10.9. The van der Waals surface area contributed by atoms with Gasteiger partial charge < -0.3 is 9.47 Å². The Morgan fingerprint density at radius 2 is 1.89 bits per heavy atom. The summed E-state index contributed by atoms with van der Waals surface area (Å²) < 4.78 is 10.6. The number of carbonyl (C=O) groups excluding carboxylic acids is 2. The first kappa shape index (κ1) is 14.2. The van der Waals surface area contributed by atoms with Crippen molar-refractivity contribution in [1.29, 1.82) is 0 Å². The van der Waals surface area contributed by atoms with Crippen LogP contribution < -0.4 is 4.74 Å². The van der Waals surface area contributed by atoms with Gasteiger partial charge >= 0.3 is 5.97 Å². The molecule has 18 heavy (non-hydrogen) atoms. The molecule has 4 nitrogen and oxygen atoms in total. The number of esters is 1. The van der Waals surface area contributed by atoms with Crippen molar-refractivity contribution in [3.05, 3.63) is 29.8 Å². The maximum atomic E-state index is 11.7. The highest BCUT2D eigenvalue weighted by molar-refractivity contribution is 5.79. The average molecular weight is 250 g/mol. The number of rotatable bonds is 6. The van der Waals surface area contributed by atoms with E-state index < -0.39 is 11.6 Å². The Labute approximate surface area is 107 Å². The smallest absolute Gasteiger partial charge is 0.349 e. The lowest BCUT2D eigenvalue weighted by molar-refractivity contribution is -0.159. The van der Waals surface area contributed by atoms with Crippen molar-refractivity contribution in [2.45, 2.75) is 32.8 Å². The van der Waals surface area contributed by atoms with Crippen molar-refractivity contribution in [3.8, 4) is 5.75 Å². The molecule has 0 aliphatic carbocycles. The van der Waals surface area contributed by atoms with E-state index in [1.807, 2.05) is 6.92 Å². The summed E-state index contributed by atoms with van der Waals surface area (Å²) in [5.41, 5.74) is -0.480. The Balaban J connectivity index is 2.68. The second-order valence-corrected chi connectivity index (χ2v) is 4.44. The number of ether oxygens (including phenoxy) is 2. The van der Waals surface area contributed by atoms with Crippen molar-refractivity contribution >= 4 is 12.3 Å². The lowest BCUT2D eigenvalue weighted by Gasteiger charge is -2.24. The van der Waals surface area contributed by atoms with Crippen LogP contribution in [0.15, 0.2) is 24.3 Å².